The summed E-state index contributed by atoms with van der Waals surface area (Å²) >= 11 is 7.35. The van der Waals surface area contributed by atoms with Crippen molar-refractivity contribution in [3.63, 3.8) is 0 Å². The maximum atomic E-state index is 12.0. The van der Waals surface area contributed by atoms with Crippen LogP contribution in [0.15, 0.2) is 16.6 Å². The van der Waals surface area contributed by atoms with Crippen molar-refractivity contribution in [2.45, 2.75) is 19.9 Å². The Kier molecular flexibility index (Phi) is 3.98. The van der Waals surface area contributed by atoms with E-state index in [0.29, 0.717) is 6.54 Å². The van der Waals surface area contributed by atoms with E-state index in [1.807, 2.05) is 6.92 Å². The van der Waals surface area contributed by atoms with Crippen molar-refractivity contribution in [3.8, 4) is 5.75 Å². The lowest BCUT2D eigenvalue weighted by atomic mass is 10.3. The van der Waals surface area contributed by atoms with Gasteiger partial charge in [-0.25, -0.2) is 9.97 Å². The van der Waals surface area contributed by atoms with Crippen molar-refractivity contribution in [2.75, 3.05) is 7.11 Å². The molecule has 0 aliphatic heterocycles. The Balaban J connectivity index is 2.20. The third-order valence-electron chi connectivity index (χ3n) is 2.58. The van der Waals surface area contributed by atoms with E-state index in [1.165, 1.54) is 18.0 Å². The van der Waals surface area contributed by atoms with Crippen LogP contribution in [0.1, 0.15) is 10.6 Å². The SMILES string of the molecule is COc1c(Cl)ncn(CCc2scnc2C)c1=O. The maximum absolute atomic E-state index is 12.0. The summed E-state index contributed by atoms with van der Waals surface area (Å²) in [5.41, 5.74) is 2.54. The molecule has 7 heteroatoms. The van der Waals surface area contributed by atoms with Crippen LogP contribution in [0.3, 0.4) is 0 Å². The van der Waals surface area contributed by atoms with Gasteiger partial charge in [0, 0.05) is 17.8 Å². The second-order valence-corrected chi connectivity index (χ2v) is 4.98. The standard InChI is InChI=1S/C11H12ClN3O2S/c1-7-8(18-6-14-7)3-4-15-5-13-10(12)9(17-2)11(15)16/h5-6H,3-4H2,1-2H3. The Bertz CT molecular complexity index is 609. The van der Waals surface area contributed by atoms with Crippen LogP contribution in [-0.4, -0.2) is 21.6 Å². The number of aryl methyl sites for hydroxylation is 3. The molecule has 0 aliphatic rings. The summed E-state index contributed by atoms with van der Waals surface area (Å²) < 4.78 is 6.43. The minimum Gasteiger partial charge on any atom is -0.489 e. The fourth-order valence-corrected chi connectivity index (χ4v) is 2.54. The fraction of sp³-hybridized carbons (Fsp3) is 0.364. The minimum absolute atomic E-state index is 0.0835. The van der Waals surface area contributed by atoms with Crippen LogP contribution in [0.25, 0.3) is 0 Å². The lowest BCUT2D eigenvalue weighted by Crippen LogP contribution is -2.23. The Labute approximate surface area is 113 Å². The Hall–Kier alpha value is -1.40. The summed E-state index contributed by atoms with van der Waals surface area (Å²) in [6, 6.07) is 0. The van der Waals surface area contributed by atoms with E-state index in [9.17, 15) is 4.79 Å². The molecule has 0 aliphatic carbocycles. The first-order valence-electron chi connectivity index (χ1n) is 5.31. The number of rotatable bonds is 4. The molecule has 18 heavy (non-hydrogen) atoms. The maximum Gasteiger partial charge on any atom is 0.297 e. The van der Waals surface area contributed by atoms with Crippen molar-refractivity contribution >= 4 is 22.9 Å². The first kappa shape index (κ1) is 13.0. The third-order valence-corrected chi connectivity index (χ3v) is 3.85. The molecule has 0 saturated carbocycles. The number of thiazole rings is 1. The average Bonchev–Trinajstić information content (AvgIpc) is 2.75. The van der Waals surface area contributed by atoms with Crippen molar-refractivity contribution in [2.24, 2.45) is 0 Å². The zero-order chi connectivity index (χ0) is 13.1. The largest absolute Gasteiger partial charge is 0.489 e. The van der Waals surface area contributed by atoms with Gasteiger partial charge in [-0.2, -0.15) is 0 Å². The van der Waals surface area contributed by atoms with Crippen molar-refractivity contribution in [1.82, 2.24) is 14.5 Å². The zero-order valence-corrected chi connectivity index (χ0v) is 11.6. The van der Waals surface area contributed by atoms with E-state index in [-0.39, 0.29) is 16.5 Å². The van der Waals surface area contributed by atoms with Crippen LogP contribution in [0.5, 0.6) is 5.75 Å². The molecule has 0 unspecified atom stereocenters. The van der Waals surface area contributed by atoms with Gasteiger partial charge in [-0.1, -0.05) is 11.6 Å². The molecule has 96 valence electrons. The van der Waals surface area contributed by atoms with Crippen molar-refractivity contribution in [1.29, 1.82) is 0 Å². The molecule has 0 N–H and O–H groups in total. The van der Waals surface area contributed by atoms with Crippen LogP contribution in [-0.2, 0) is 13.0 Å². The fourth-order valence-electron chi connectivity index (χ4n) is 1.57. The second kappa shape index (κ2) is 5.49. The van der Waals surface area contributed by atoms with Crippen LogP contribution in [0.4, 0.5) is 0 Å². The quantitative estimate of drug-likeness (QED) is 0.805. The van der Waals surface area contributed by atoms with Crippen LogP contribution < -0.4 is 10.3 Å². The average molecular weight is 286 g/mol. The summed E-state index contributed by atoms with van der Waals surface area (Å²) in [5, 5.41) is 0.0905. The van der Waals surface area contributed by atoms with Gasteiger partial charge in [0.25, 0.3) is 5.56 Å². The van der Waals surface area contributed by atoms with Gasteiger partial charge in [0.15, 0.2) is 5.15 Å². The first-order chi connectivity index (χ1) is 8.63. The number of methoxy groups -OCH3 is 1. The van der Waals surface area contributed by atoms with E-state index < -0.39 is 0 Å². The highest BCUT2D eigenvalue weighted by molar-refractivity contribution is 7.09. The molecule has 0 aromatic carbocycles. The summed E-state index contributed by atoms with van der Waals surface area (Å²) in [5.74, 6) is 0.0835. The van der Waals surface area contributed by atoms with Gasteiger partial charge in [0.1, 0.15) is 0 Å². The summed E-state index contributed by atoms with van der Waals surface area (Å²) in [6.07, 6.45) is 2.17. The number of hydrogen-bond donors (Lipinski definition) is 0. The van der Waals surface area contributed by atoms with Gasteiger partial charge in [0.2, 0.25) is 5.75 Å². The number of hydrogen-bond acceptors (Lipinski definition) is 5. The Morgan fingerprint density at radius 3 is 2.89 bits per heavy atom. The van der Waals surface area contributed by atoms with Gasteiger partial charge < -0.3 is 4.74 Å². The Morgan fingerprint density at radius 1 is 1.50 bits per heavy atom. The molecule has 2 aromatic rings. The highest BCUT2D eigenvalue weighted by atomic mass is 35.5. The van der Waals surface area contributed by atoms with E-state index >= 15 is 0 Å². The molecule has 0 spiro atoms. The number of aromatic nitrogens is 3. The van der Waals surface area contributed by atoms with Crippen LogP contribution >= 0.6 is 22.9 Å². The van der Waals surface area contributed by atoms with E-state index in [4.69, 9.17) is 16.3 Å². The monoisotopic (exact) mass is 285 g/mol. The van der Waals surface area contributed by atoms with Crippen LogP contribution in [0, 0.1) is 6.92 Å². The van der Waals surface area contributed by atoms with Crippen molar-refractivity contribution < 1.29 is 4.74 Å². The van der Waals surface area contributed by atoms with Gasteiger partial charge in [-0.3, -0.25) is 9.36 Å². The Morgan fingerprint density at radius 2 is 2.28 bits per heavy atom. The molecule has 0 radical (unpaired) electrons. The highest BCUT2D eigenvalue weighted by Gasteiger charge is 2.10. The number of nitrogens with zero attached hydrogens (tertiary/aromatic N) is 3. The highest BCUT2D eigenvalue weighted by Crippen LogP contribution is 2.16. The normalized spacial score (nSPS) is 10.6. The molecule has 0 saturated heterocycles. The predicted octanol–water partition coefficient (Wildman–Crippen LogP) is 1.91. The molecule has 0 bridgehead atoms. The number of ether oxygens (including phenoxy) is 1. The molecule has 0 amide bonds. The van der Waals surface area contributed by atoms with E-state index in [2.05, 4.69) is 9.97 Å². The summed E-state index contributed by atoms with van der Waals surface area (Å²) in [7, 11) is 1.40. The summed E-state index contributed by atoms with van der Waals surface area (Å²) in [4.78, 5) is 21.2. The predicted molar refractivity (Wildman–Crippen MR) is 70.6 cm³/mol. The van der Waals surface area contributed by atoms with E-state index in [1.54, 1.807) is 16.8 Å². The molecule has 2 rings (SSSR count). The first-order valence-corrected chi connectivity index (χ1v) is 6.57. The second-order valence-electron chi connectivity index (χ2n) is 3.68. The molecule has 0 atom stereocenters. The molecule has 0 fully saturated rings. The van der Waals surface area contributed by atoms with Gasteiger partial charge in [-0.05, 0) is 6.92 Å². The minimum atomic E-state index is -0.264. The molecule has 5 nitrogen and oxygen atoms in total. The number of halogens is 1. The molecule has 2 heterocycles. The zero-order valence-electron chi connectivity index (χ0n) is 10.0. The van der Waals surface area contributed by atoms with Crippen molar-refractivity contribution in [3.05, 3.63) is 37.9 Å². The van der Waals surface area contributed by atoms with Gasteiger partial charge >= 0.3 is 0 Å². The molecular weight excluding hydrogens is 274 g/mol. The smallest absolute Gasteiger partial charge is 0.297 e. The topological polar surface area (TPSA) is 57.0 Å². The van der Waals surface area contributed by atoms with Gasteiger partial charge in [-0.15, -0.1) is 11.3 Å². The summed E-state index contributed by atoms with van der Waals surface area (Å²) in [6.45, 7) is 2.48. The van der Waals surface area contributed by atoms with Crippen LogP contribution in [0.2, 0.25) is 5.15 Å². The van der Waals surface area contributed by atoms with E-state index in [0.717, 1.165) is 17.0 Å². The van der Waals surface area contributed by atoms with Gasteiger partial charge in [0.05, 0.1) is 24.6 Å². The molecular formula is C11H12ClN3O2S. The molecule has 2 aromatic heterocycles. The lowest BCUT2D eigenvalue weighted by molar-refractivity contribution is 0.399. The third kappa shape index (κ3) is 2.54. The lowest BCUT2D eigenvalue weighted by Gasteiger charge is -2.07.